The van der Waals surface area contributed by atoms with E-state index in [2.05, 4.69) is 43.0 Å². The van der Waals surface area contributed by atoms with Crippen LogP contribution >= 0.6 is 0 Å². The smallest absolute Gasteiger partial charge is 0.270 e. The number of hydrogen-bond donors (Lipinski definition) is 2. The fourth-order valence-corrected chi connectivity index (χ4v) is 3.93. The molecule has 1 atom stereocenters. The van der Waals surface area contributed by atoms with Gasteiger partial charge in [0.05, 0.1) is 0 Å². The molecule has 1 amide bonds. The van der Waals surface area contributed by atoms with Crippen LogP contribution in [0.4, 0.5) is 0 Å². The predicted molar refractivity (Wildman–Crippen MR) is 118 cm³/mol. The first-order valence-corrected chi connectivity index (χ1v) is 10.7. The molecule has 0 bridgehead atoms. The molecule has 0 radical (unpaired) electrons. The van der Waals surface area contributed by atoms with E-state index >= 15 is 0 Å². The van der Waals surface area contributed by atoms with E-state index in [4.69, 9.17) is 4.42 Å². The Morgan fingerprint density at radius 2 is 1.97 bits per heavy atom. The van der Waals surface area contributed by atoms with Gasteiger partial charge < -0.3 is 19.6 Å². The Morgan fingerprint density at radius 1 is 1.20 bits per heavy atom. The van der Waals surface area contributed by atoms with Crippen LogP contribution in [-0.2, 0) is 0 Å². The Labute approximate surface area is 177 Å². The summed E-state index contributed by atoms with van der Waals surface area (Å²) in [6.45, 7) is 10.8. The maximum Gasteiger partial charge on any atom is 0.270 e. The molecule has 1 aliphatic rings. The Morgan fingerprint density at radius 3 is 2.67 bits per heavy atom. The number of aromatic amines is 1. The summed E-state index contributed by atoms with van der Waals surface area (Å²) in [7, 11) is 0. The number of carbonyl (C=O) groups excluding carboxylic acids is 1. The molecule has 0 unspecified atom stereocenters. The summed E-state index contributed by atoms with van der Waals surface area (Å²) in [5.74, 6) is 1.26. The summed E-state index contributed by atoms with van der Waals surface area (Å²) >= 11 is 0. The van der Waals surface area contributed by atoms with Gasteiger partial charge >= 0.3 is 0 Å². The van der Waals surface area contributed by atoms with Crippen LogP contribution in [0.3, 0.4) is 0 Å². The van der Waals surface area contributed by atoms with E-state index in [1.54, 1.807) is 6.26 Å². The fourth-order valence-electron chi connectivity index (χ4n) is 3.93. The summed E-state index contributed by atoms with van der Waals surface area (Å²) in [5, 5.41) is 3.50. The molecule has 1 aromatic carbocycles. The lowest BCUT2D eigenvalue weighted by molar-refractivity contribution is 0.0678. The third kappa shape index (κ3) is 4.05. The van der Waals surface area contributed by atoms with Crippen molar-refractivity contribution in [1.82, 2.24) is 20.2 Å². The van der Waals surface area contributed by atoms with Crippen molar-refractivity contribution >= 4 is 5.91 Å². The van der Waals surface area contributed by atoms with E-state index in [-0.39, 0.29) is 11.8 Å². The molecule has 2 N–H and O–H groups in total. The van der Waals surface area contributed by atoms with E-state index < -0.39 is 0 Å². The van der Waals surface area contributed by atoms with Crippen molar-refractivity contribution in [2.45, 2.75) is 39.7 Å². The van der Waals surface area contributed by atoms with Crippen LogP contribution in [0.1, 0.15) is 49.7 Å². The molecule has 1 fully saturated rings. The SMILES string of the molecule is CC(C)c1cc(C(=O)N2CCN[C@@H](C(C)C)C2)[nH]c1-c1nc(-c2ccccc2)co1. The molecule has 1 saturated heterocycles. The van der Waals surface area contributed by atoms with Gasteiger partial charge in [-0.05, 0) is 23.5 Å². The molecule has 4 rings (SSSR count). The quantitative estimate of drug-likeness (QED) is 0.653. The molecule has 6 heteroatoms. The third-order valence-electron chi connectivity index (χ3n) is 5.79. The standard InChI is InChI=1S/C24H30N4O2/c1-15(2)18-12-19(24(29)28-11-10-25-20(13-28)16(3)4)26-22(18)23-27-21(14-30-23)17-8-6-5-7-9-17/h5-9,12,14-16,20,25-26H,10-11,13H2,1-4H3/t20-/m1/s1. The topological polar surface area (TPSA) is 74.2 Å². The maximum atomic E-state index is 13.2. The van der Waals surface area contributed by atoms with Crippen LogP contribution in [0.15, 0.2) is 47.1 Å². The second kappa shape index (κ2) is 8.48. The predicted octanol–water partition coefficient (Wildman–Crippen LogP) is 4.53. The number of benzene rings is 1. The first-order valence-electron chi connectivity index (χ1n) is 10.7. The van der Waals surface area contributed by atoms with Crippen molar-refractivity contribution in [3.05, 3.63) is 53.9 Å². The van der Waals surface area contributed by atoms with Gasteiger partial charge in [0.15, 0.2) is 0 Å². The molecule has 0 saturated carbocycles. The summed E-state index contributed by atoms with van der Waals surface area (Å²) < 4.78 is 5.81. The fraction of sp³-hybridized carbons (Fsp3) is 0.417. The number of aromatic nitrogens is 2. The van der Waals surface area contributed by atoms with E-state index in [1.165, 1.54) is 0 Å². The minimum absolute atomic E-state index is 0.0325. The normalized spacial score (nSPS) is 17.1. The van der Waals surface area contributed by atoms with Crippen molar-refractivity contribution in [3.63, 3.8) is 0 Å². The molecule has 0 spiro atoms. The van der Waals surface area contributed by atoms with Crippen molar-refractivity contribution in [3.8, 4) is 22.8 Å². The van der Waals surface area contributed by atoms with Gasteiger partial charge in [-0.15, -0.1) is 0 Å². The highest BCUT2D eigenvalue weighted by molar-refractivity contribution is 5.94. The van der Waals surface area contributed by atoms with Crippen molar-refractivity contribution < 1.29 is 9.21 Å². The van der Waals surface area contributed by atoms with Crippen LogP contribution < -0.4 is 5.32 Å². The number of rotatable bonds is 5. The van der Waals surface area contributed by atoms with Gasteiger partial charge in [0, 0.05) is 31.2 Å². The highest BCUT2D eigenvalue weighted by Crippen LogP contribution is 2.31. The van der Waals surface area contributed by atoms with Crippen molar-refractivity contribution in [1.29, 1.82) is 0 Å². The average molecular weight is 407 g/mol. The largest absolute Gasteiger partial charge is 0.443 e. The number of H-pyrrole nitrogens is 1. The average Bonchev–Trinajstić information content (AvgIpc) is 3.41. The first-order chi connectivity index (χ1) is 14.4. The lowest BCUT2D eigenvalue weighted by atomic mass is 10.0. The number of amides is 1. The third-order valence-corrected chi connectivity index (χ3v) is 5.79. The monoisotopic (exact) mass is 406 g/mol. The molecule has 3 aromatic rings. The van der Waals surface area contributed by atoms with Crippen LogP contribution in [0.5, 0.6) is 0 Å². The Kier molecular flexibility index (Phi) is 5.77. The highest BCUT2D eigenvalue weighted by Gasteiger charge is 2.28. The lowest BCUT2D eigenvalue weighted by Gasteiger charge is -2.35. The van der Waals surface area contributed by atoms with Crippen LogP contribution in [0, 0.1) is 5.92 Å². The summed E-state index contributed by atoms with van der Waals surface area (Å²) in [5.41, 5.74) is 4.20. The number of carbonyl (C=O) groups is 1. The van der Waals surface area contributed by atoms with Crippen molar-refractivity contribution in [2.75, 3.05) is 19.6 Å². The second-order valence-electron chi connectivity index (χ2n) is 8.63. The zero-order valence-electron chi connectivity index (χ0n) is 18.1. The molecule has 1 aliphatic heterocycles. The second-order valence-corrected chi connectivity index (χ2v) is 8.63. The Bertz CT molecular complexity index is 1000. The summed E-state index contributed by atoms with van der Waals surface area (Å²) in [6.07, 6.45) is 1.67. The maximum absolute atomic E-state index is 13.2. The van der Waals surface area contributed by atoms with Gasteiger partial charge in [-0.3, -0.25) is 4.79 Å². The van der Waals surface area contributed by atoms with Crippen LogP contribution in [0.2, 0.25) is 0 Å². The first kappa shape index (κ1) is 20.4. The molecular weight excluding hydrogens is 376 g/mol. The molecule has 30 heavy (non-hydrogen) atoms. The minimum Gasteiger partial charge on any atom is -0.443 e. The van der Waals surface area contributed by atoms with Gasteiger partial charge in [0.25, 0.3) is 5.91 Å². The number of nitrogens with zero attached hydrogens (tertiary/aromatic N) is 2. The van der Waals surface area contributed by atoms with Gasteiger partial charge in [0.1, 0.15) is 23.3 Å². The van der Waals surface area contributed by atoms with Gasteiger partial charge in [-0.1, -0.05) is 58.0 Å². The number of piperazine rings is 1. The van der Waals surface area contributed by atoms with E-state index in [9.17, 15) is 4.79 Å². The zero-order chi connectivity index (χ0) is 21.3. The number of hydrogen-bond acceptors (Lipinski definition) is 4. The molecular formula is C24H30N4O2. The van der Waals surface area contributed by atoms with E-state index in [0.717, 1.165) is 35.6 Å². The van der Waals surface area contributed by atoms with E-state index in [1.807, 2.05) is 41.3 Å². The molecule has 3 heterocycles. The Balaban J connectivity index is 1.63. The minimum atomic E-state index is 0.0325. The molecule has 6 nitrogen and oxygen atoms in total. The van der Waals surface area contributed by atoms with Gasteiger partial charge in [-0.2, -0.15) is 0 Å². The Hall–Kier alpha value is -2.86. The molecule has 158 valence electrons. The molecule has 2 aromatic heterocycles. The highest BCUT2D eigenvalue weighted by atomic mass is 16.3. The van der Waals surface area contributed by atoms with Crippen LogP contribution in [0.25, 0.3) is 22.8 Å². The van der Waals surface area contributed by atoms with Crippen LogP contribution in [-0.4, -0.2) is 46.5 Å². The zero-order valence-corrected chi connectivity index (χ0v) is 18.1. The van der Waals surface area contributed by atoms with Gasteiger partial charge in [-0.25, -0.2) is 4.98 Å². The summed E-state index contributed by atoms with van der Waals surface area (Å²) in [4.78, 5) is 23.2. The van der Waals surface area contributed by atoms with Crippen molar-refractivity contribution in [2.24, 2.45) is 5.92 Å². The lowest BCUT2D eigenvalue weighted by Crippen LogP contribution is -2.54. The number of oxazole rings is 1. The summed E-state index contributed by atoms with van der Waals surface area (Å²) in [6, 6.07) is 12.2. The van der Waals surface area contributed by atoms with E-state index in [0.29, 0.717) is 30.1 Å². The van der Waals surface area contributed by atoms with Gasteiger partial charge in [0.2, 0.25) is 5.89 Å². The molecule has 0 aliphatic carbocycles. The number of nitrogens with one attached hydrogen (secondary N) is 2.